The van der Waals surface area contributed by atoms with Gasteiger partial charge in [0.15, 0.2) is 0 Å². The van der Waals surface area contributed by atoms with Gasteiger partial charge in [-0.25, -0.2) is 0 Å². The molecular formula is C48H49IrN3OSi-2. The van der Waals surface area contributed by atoms with Gasteiger partial charge in [-0.2, -0.15) is 0 Å². The molecule has 0 unspecified atom stereocenters. The summed E-state index contributed by atoms with van der Waals surface area (Å²) < 4.78 is 8.58. The minimum absolute atomic E-state index is 0. The molecule has 3 heterocycles. The van der Waals surface area contributed by atoms with E-state index in [1.54, 1.807) is 0 Å². The van der Waals surface area contributed by atoms with Crippen molar-refractivity contribution in [2.24, 2.45) is 0 Å². The standard InChI is InChI=1S/C28H21N2O.C20H28NSi.Ir/c1-17-15-18(2)26(19(3)16-17)30-24-13-6-5-12-23(24)29-28(30)22-11-8-10-21-20-9-4-7-14-25(20)31-27(21)22;1-14(2)16-8-10-17(11-9-16)19-12-18(15(3)4)20(13-21-19)22(5,6)7;/h4-10,12-16H,1-3H3;8-10,12-15H,1-7H3;/q2*-1;. The summed E-state index contributed by atoms with van der Waals surface area (Å²) >= 11 is 0. The predicted molar refractivity (Wildman–Crippen MR) is 226 cm³/mol. The Labute approximate surface area is 335 Å². The van der Waals surface area contributed by atoms with Crippen LogP contribution in [0.4, 0.5) is 0 Å². The molecule has 4 nitrogen and oxygen atoms in total. The van der Waals surface area contributed by atoms with E-state index < -0.39 is 8.07 Å². The normalized spacial score (nSPS) is 11.7. The number of nitrogens with zero attached hydrogens (tertiary/aromatic N) is 3. The molecule has 0 bridgehead atoms. The van der Waals surface area contributed by atoms with Crippen molar-refractivity contribution < 1.29 is 24.5 Å². The molecule has 6 heteroatoms. The van der Waals surface area contributed by atoms with Crippen LogP contribution in [0.1, 0.15) is 67.3 Å². The molecule has 0 aliphatic rings. The summed E-state index contributed by atoms with van der Waals surface area (Å²) in [6.07, 6.45) is 2.11. The Hall–Kier alpha value is -4.61. The number of furan rings is 1. The van der Waals surface area contributed by atoms with Crippen LogP contribution in [-0.4, -0.2) is 22.6 Å². The van der Waals surface area contributed by atoms with Gasteiger partial charge >= 0.3 is 0 Å². The second kappa shape index (κ2) is 15.6. The van der Waals surface area contributed by atoms with Crippen LogP contribution in [0.3, 0.4) is 0 Å². The average molecular weight is 904 g/mol. The summed E-state index contributed by atoms with van der Waals surface area (Å²) in [5.41, 5.74) is 14.4. The monoisotopic (exact) mass is 904 g/mol. The fraction of sp³-hybridized carbons (Fsp3) is 0.250. The number of aryl methyl sites for hydroxylation is 3. The summed E-state index contributed by atoms with van der Waals surface area (Å²) in [5.74, 6) is 1.91. The largest absolute Gasteiger partial charge is 0.501 e. The van der Waals surface area contributed by atoms with E-state index in [1.165, 1.54) is 33.0 Å². The van der Waals surface area contributed by atoms with Gasteiger partial charge in [-0.15, -0.1) is 53.6 Å². The van der Waals surface area contributed by atoms with E-state index in [0.29, 0.717) is 11.8 Å². The fourth-order valence-corrected chi connectivity index (χ4v) is 9.16. The van der Waals surface area contributed by atoms with E-state index in [-0.39, 0.29) is 20.1 Å². The van der Waals surface area contributed by atoms with E-state index in [2.05, 4.69) is 158 Å². The van der Waals surface area contributed by atoms with Gasteiger partial charge in [-0.05, 0) is 66.9 Å². The summed E-state index contributed by atoms with van der Waals surface area (Å²) in [7, 11) is -1.36. The first-order valence-electron chi connectivity index (χ1n) is 18.7. The molecule has 1 radical (unpaired) electrons. The summed E-state index contributed by atoms with van der Waals surface area (Å²) in [6, 6.07) is 40.5. The van der Waals surface area contributed by atoms with Crippen molar-refractivity contribution in [3.8, 4) is 28.3 Å². The average Bonchev–Trinajstić information content (AvgIpc) is 3.70. The number of fused-ring (bicyclic) bond motifs is 4. The Morgan fingerprint density at radius 3 is 2.13 bits per heavy atom. The Morgan fingerprint density at radius 2 is 1.46 bits per heavy atom. The third kappa shape index (κ3) is 7.53. The van der Waals surface area contributed by atoms with Crippen LogP contribution in [0.2, 0.25) is 19.6 Å². The van der Waals surface area contributed by atoms with E-state index in [9.17, 15) is 0 Å². The van der Waals surface area contributed by atoms with E-state index in [4.69, 9.17) is 14.4 Å². The number of hydrogen-bond acceptors (Lipinski definition) is 3. The molecule has 0 atom stereocenters. The number of benzene rings is 5. The van der Waals surface area contributed by atoms with Crippen molar-refractivity contribution in [2.45, 2.75) is 79.9 Å². The second-order valence-corrected chi connectivity index (χ2v) is 21.0. The molecule has 0 N–H and O–H groups in total. The predicted octanol–water partition coefficient (Wildman–Crippen LogP) is 12.7. The first kappa shape index (κ1) is 39.1. The third-order valence-corrected chi connectivity index (χ3v) is 12.2. The topological polar surface area (TPSA) is 43.9 Å². The first-order chi connectivity index (χ1) is 25.3. The van der Waals surface area contributed by atoms with Crippen LogP contribution in [0.15, 0.2) is 108 Å². The van der Waals surface area contributed by atoms with Gasteiger partial charge in [0, 0.05) is 37.4 Å². The quantitative estimate of drug-likeness (QED) is 0.123. The van der Waals surface area contributed by atoms with Gasteiger partial charge in [0.2, 0.25) is 0 Å². The molecule has 0 amide bonds. The van der Waals surface area contributed by atoms with Crippen LogP contribution in [-0.2, 0) is 20.1 Å². The number of rotatable bonds is 6. The van der Waals surface area contributed by atoms with Crippen molar-refractivity contribution in [3.05, 3.63) is 143 Å². The second-order valence-electron chi connectivity index (χ2n) is 16.0. The maximum atomic E-state index is 6.32. The molecular weight excluding hydrogens is 855 g/mol. The van der Waals surface area contributed by atoms with Crippen LogP contribution in [0.5, 0.6) is 0 Å². The Morgan fingerprint density at radius 1 is 0.759 bits per heavy atom. The number of aromatic nitrogens is 3. The van der Waals surface area contributed by atoms with Gasteiger partial charge in [0.1, 0.15) is 5.58 Å². The molecule has 8 aromatic rings. The van der Waals surface area contributed by atoms with Crippen LogP contribution in [0, 0.1) is 32.9 Å². The van der Waals surface area contributed by atoms with E-state index in [1.807, 2.05) is 30.3 Å². The van der Waals surface area contributed by atoms with Gasteiger partial charge in [0.05, 0.1) is 30.5 Å². The van der Waals surface area contributed by atoms with Gasteiger partial charge in [-0.3, -0.25) is 4.98 Å². The van der Waals surface area contributed by atoms with Crippen molar-refractivity contribution >= 4 is 46.2 Å². The zero-order chi connectivity index (χ0) is 37.6. The Balaban J connectivity index is 0.000000193. The van der Waals surface area contributed by atoms with Crippen LogP contribution >= 0.6 is 0 Å². The van der Waals surface area contributed by atoms with E-state index >= 15 is 0 Å². The van der Waals surface area contributed by atoms with Gasteiger partial charge < -0.3 is 14.0 Å². The van der Waals surface area contributed by atoms with Crippen molar-refractivity contribution in [3.63, 3.8) is 0 Å². The SMILES string of the molecule is CC(C)c1c[c-]c(-c2cc(C(C)C)c([Si](C)(C)C)cn2)cc1.Cc1cc(C)c(-n2c(-c3[c-]ccc4c3oc3ccccc34)nc3ccccc32)c(C)c1.[Ir]. The molecule has 0 saturated heterocycles. The van der Waals surface area contributed by atoms with Crippen molar-refractivity contribution in [1.82, 2.24) is 14.5 Å². The summed E-state index contributed by atoms with van der Waals surface area (Å²) in [5, 5.41) is 3.67. The molecule has 54 heavy (non-hydrogen) atoms. The Bertz CT molecular complexity index is 2570. The molecule has 0 fully saturated rings. The van der Waals surface area contributed by atoms with Crippen molar-refractivity contribution in [2.75, 3.05) is 0 Å². The van der Waals surface area contributed by atoms with Gasteiger partial charge in [-0.1, -0.05) is 124 Å². The molecule has 8 rings (SSSR count). The van der Waals surface area contributed by atoms with Gasteiger partial charge in [0.25, 0.3) is 0 Å². The maximum absolute atomic E-state index is 6.32. The first-order valence-corrected chi connectivity index (χ1v) is 22.2. The molecule has 3 aromatic heterocycles. The fourth-order valence-electron chi connectivity index (χ4n) is 7.48. The zero-order valence-corrected chi connectivity index (χ0v) is 36.4. The number of pyridine rings is 1. The third-order valence-electron chi connectivity index (χ3n) is 10.1. The number of imidazole rings is 1. The maximum Gasteiger partial charge on any atom is 0.120 e. The molecule has 0 aliphatic heterocycles. The van der Waals surface area contributed by atoms with E-state index in [0.717, 1.165) is 61.3 Å². The Kier molecular flexibility index (Phi) is 11.3. The van der Waals surface area contributed by atoms with Crippen LogP contribution < -0.4 is 5.19 Å². The van der Waals surface area contributed by atoms with Crippen molar-refractivity contribution in [1.29, 1.82) is 0 Å². The molecule has 277 valence electrons. The summed E-state index contributed by atoms with van der Waals surface area (Å²) in [6.45, 7) is 22.6. The molecule has 0 spiro atoms. The summed E-state index contributed by atoms with van der Waals surface area (Å²) in [4.78, 5) is 9.79. The zero-order valence-electron chi connectivity index (χ0n) is 33.1. The minimum atomic E-state index is -1.36. The smallest absolute Gasteiger partial charge is 0.120 e. The minimum Gasteiger partial charge on any atom is -0.501 e. The molecule has 0 aliphatic carbocycles. The number of hydrogen-bond donors (Lipinski definition) is 0. The number of para-hydroxylation sites is 3. The van der Waals surface area contributed by atoms with Crippen LogP contribution in [0.25, 0.3) is 61.3 Å². The molecule has 0 saturated carbocycles. The molecule has 5 aromatic carbocycles.